The first-order chi connectivity index (χ1) is 6.69. The lowest BCUT2D eigenvalue weighted by Gasteiger charge is -2.19. The maximum Gasteiger partial charge on any atom is 0.0320 e. The van der Waals surface area contributed by atoms with Gasteiger partial charge in [-0.05, 0) is 23.5 Å². The van der Waals surface area contributed by atoms with Gasteiger partial charge in [-0.25, -0.2) is 0 Å². The third kappa shape index (κ3) is 2.58. The Morgan fingerprint density at radius 1 is 1.29 bits per heavy atom. The standard InChI is InChI=1S/C13H21N/c1-4-10(3)13(14)12-8-6-7-11(5-2)9-12/h6-10,13H,4-5,14H2,1-3H3. The van der Waals surface area contributed by atoms with Gasteiger partial charge in [0.25, 0.3) is 0 Å². The van der Waals surface area contributed by atoms with Gasteiger partial charge in [0.1, 0.15) is 0 Å². The largest absolute Gasteiger partial charge is 0.324 e. The molecule has 1 aromatic rings. The topological polar surface area (TPSA) is 26.0 Å². The SMILES string of the molecule is CCc1cccc(C(N)C(C)CC)c1. The first-order valence-corrected chi connectivity index (χ1v) is 5.53. The molecule has 0 radical (unpaired) electrons. The molecule has 0 saturated carbocycles. The number of hydrogen-bond acceptors (Lipinski definition) is 1. The van der Waals surface area contributed by atoms with Crippen LogP contribution >= 0.6 is 0 Å². The Hall–Kier alpha value is -0.820. The summed E-state index contributed by atoms with van der Waals surface area (Å²) in [5.41, 5.74) is 8.83. The van der Waals surface area contributed by atoms with Crippen LogP contribution in [0.25, 0.3) is 0 Å². The van der Waals surface area contributed by atoms with Crippen molar-refractivity contribution in [3.63, 3.8) is 0 Å². The molecule has 0 bridgehead atoms. The van der Waals surface area contributed by atoms with Gasteiger partial charge >= 0.3 is 0 Å². The van der Waals surface area contributed by atoms with Crippen molar-refractivity contribution in [3.05, 3.63) is 35.4 Å². The summed E-state index contributed by atoms with van der Waals surface area (Å²) in [6.07, 6.45) is 2.22. The molecule has 2 atom stereocenters. The van der Waals surface area contributed by atoms with Crippen LogP contribution in [-0.4, -0.2) is 0 Å². The first kappa shape index (κ1) is 11.3. The highest BCUT2D eigenvalue weighted by Gasteiger charge is 2.12. The van der Waals surface area contributed by atoms with Crippen LogP contribution in [0.3, 0.4) is 0 Å². The van der Waals surface area contributed by atoms with Gasteiger partial charge in [-0.1, -0.05) is 51.5 Å². The number of nitrogens with two attached hydrogens (primary N) is 1. The zero-order valence-corrected chi connectivity index (χ0v) is 9.46. The fourth-order valence-electron chi connectivity index (χ4n) is 1.60. The van der Waals surface area contributed by atoms with Gasteiger partial charge in [0, 0.05) is 6.04 Å². The molecule has 1 aromatic carbocycles. The predicted molar refractivity (Wildman–Crippen MR) is 62.2 cm³/mol. The van der Waals surface area contributed by atoms with Crippen molar-refractivity contribution < 1.29 is 0 Å². The lowest BCUT2D eigenvalue weighted by Crippen LogP contribution is -2.18. The monoisotopic (exact) mass is 191 g/mol. The van der Waals surface area contributed by atoms with Crippen molar-refractivity contribution in [2.45, 2.75) is 39.7 Å². The van der Waals surface area contributed by atoms with Crippen LogP contribution in [0.2, 0.25) is 0 Å². The zero-order chi connectivity index (χ0) is 10.6. The molecule has 0 aromatic heterocycles. The van der Waals surface area contributed by atoms with Crippen LogP contribution in [0.15, 0.2) is 24.3 Å². The van der Waals surface area contributed by atoms with E-state index in [2.05, 4.69) is 45.0 Å². The summed E-state index contributed by atoms with van der Waals surface area (Å²) < 4.78 is 0. The molecule has 1 nitrogen and oxygen atoms in total. The van der Waals surface area contributed by atoms with Gasteiger partial charge in [-0.3, -0.25) is 0 Å². The van der Waals surface area contributed by atoms with Gasteiger partial charge in [0.05, 0.1) is 0 Å². The fraction of sp³-hybridized carbons (Fsp3) is 0.538. The summed E-state index contributed by atoms with van der Waals surface area (Å²) in [6.45, 7) is 6.57. The highest BCUT2D eigenvalue weighted by Crippen LogP contribution is 2.22. The van der Waals surface area contributed by atoms with Crippen LogP contribution in [0.5, 0.6) is 0 Å². The minimum absolute atomic E-state index is 0.187. The molecule has 78 valence electrons. The van der Waals surface area contributed by atoms with Crippen molar-refractivity contribution in [2.75, 3.05) is 0 Å². The summed E-state index contributed by atoms with van der Waals surface area (Å²) in [6, 6.07) is 8.82. The zero-order valence-electron chi connectivity index (χ0n) is 9.46. The summed E-state index contributed by atoms with van der Waals surface area (Å²) >= 11 is 0. The van der Waals surface area contributed by atoms with Crippen LogP contribution in [0, 0.1) is 5.92 Å². The Balaban J connectivity index is 2.83. The van der Waals surface area contributed by atoms with Crippen LogP contribution < -0.4 is 5.73 Å². The molecule has 0 saturated heterocycles. The van der Waals surface area contributed by atoms with Crippen molar-refractivity contribution in [2.24, 2.45) is 11.7 Å². The molecule has 1 rings (SSSR count). The molecule has 0 heterocycles. The quantitative estimate of drug-likeness (QED) is 0.776. The fourth-order valence-corrected chi connectivity index (χ4v) is 1.60. The normalized spacial score (nSPS) is 15.1. The second-order valence-electron chi connectivity index (χ2n) is 4.01. The number of aryl methyl sites for hydroxylation is 1. The highest BCUT2D eigenvalue weighted by atomic mass is 14.6. The van der Waals surface area contributed by atoms with E-state index in [1.54, 1.807) is 0 Å². The minimum atomic E-state index is 0.187. The van der Waals surface area contributed by atoms with Crippen molar-refractivity contribution in [1.29, 1.82) is 0 Å². The van der Waals surface area contributed by atoms with E-state index in [1.165, 1.54) is 11.1 Å². The Labute approximate surface area is 87.3 Å². The molecule has 0 aliphatic carbocycles. The maximum atomic E-state index is 6.17. The molecular formula is C13H21N. The average Bonchev–Trinajstić information content (AvgIpc) is 2.27. The number of hydrogen-bond donors (Lipinski definition) is 1. The van der Waals surface area contributed by atoms with E-state index in [4.69, 9.17) is 5.73 Å². The third-order valence-electron chi connectivity index (χ3n) is 3.00. The Bertz CT molecular complexity index is 280. The Morgan fingerprint density at radius 3 is 2.57 bits per heavy atom. The third-order valence-corrected chi connectivity index (χ3v) is 3.00. The Morgan fingerprint density at radius 2 is 2.00 bits per heavy atom. The van der Waals surface area contributed by atoms with Crippen LogP contribution in [0.4, 0.5) is 0 Å². The van der Waals surface area contributed by atoms with E-state index in [-0.39, 0.29) is 6.04 Å². The van der Waals surface area contributed by atoms with Crippen molar-refractivity contribution >= 4 is 0 Å². The smallest absolute Gasteiger partial charge is 0.0320 e. The van der Waals surface area contributed by atoms with Crippen LogP contribution in [-0.2, 0) is 6.42 Å². The molecule has 2 N–H and O–H groups in total. The number of rotatable bonds is 4. The van der Waals surface area contributed by atoms with Gasteiger partial charge in [0.15, 0.2) is 0 Å². The Kier molecular flexibility index (Phi) is 4.15. The van der Waals surface area contributed by atoms with Gasteiger partial charge in [-0.15, -0.1) is 0 Å². The number of benzene rings is 1. The van der Waals surface area contributed by atoms with Gasteiger partial charge in [-0.2, -0.15) is 0 Å². The average molecular weight is 191 g/mol. The summed E-state index contributed by atoms with van der Waals surface area (Å²) in [5, 5.41) is 0. The van der Waals surface area contributed by atoms with Gasteiger partial charge < -0.3 is 5.73 Å². The summed E-state index contributed by atoms with van der Waals surface area (Å²) in [5.74, 6) is 0.558. The maximum absolute atomic E-state index is 6.17. The molecule has 14 heavy (non-hydrogen) atoms. The molecule has 0 spiro atoms. The second-order valence-corrected chi connectivity index (χ2v) is 4.01. The summed E-state index contributed by atoms with van der Waals surface area (Å²) in [4.78, 5) is 0. The minimum Gasteiger partial charge on any atom is -0.324 e. The lowest BCUT2D eigenvalue weighted by atomic mass is 9.92. The van der Waals surface area contributed by atoms with Crippen molar-refractivity contribution in [3.8, 4) is 0 Å². The molecule has 0 fully saturated rings. The molecule has 0 aliphatic heterocycles. The summed E-state index contributed by atoms with van der Waals surface area (Å²) in [7, 11) is 0. The van der Waals surface area contributed by atoms with E-state index >= 15 is 0 Å². The highest BCUT2D eigenvalue weighted by molar-refractivity contribution is 5.26. The van der Waals surface area contributed by atoms with E-state index in [0.29, 0.717) is 5.92 Å². The van der Waals surface area contributed by atoms with E-state index in [0.717, 1.165) is 12.8 Å². The molecule has 0 aliphatic rings. The second kappa shape index (κ2) is 5.16. The molecule has 0 amide bonds. The van der Waals surface area contributed by atoms with E-state index in [1.807, 2.05) is 0 Å². The molecule has 1 heteroatoms. The molecule has 2 unspecified atom stereocenters. The van der Waals surface area contributed by atoms with E-state index in [9.17, 15) is 0 Å². The lowest BCUT2D eigenvalue weighted by molar-refractivity contribution is 0.456. The van der Waals surface area contributed by atoms with E-state index < -0.39 is 0 Å². The first-order valence-electron chi connectivity index (χ1n) is 5.53. The molecular weight excluding hydrogens is 170 g/mol. The van der Waals surface area contributed by atoms with Crippen molar-refractivity contribution in [1.82, 2.24) is 0 Å². The van der Waals surface area contributed by atoms with Crippen LogP contribution in [0.1, 0.15) is 44.4 Å². The predicted octanol–water partition coefficient (Wildman–Crippen LogP) is 3.29. The van der Waals surface area contributed by atoms with Gasteiger partial charge in [0.2, 0.25) is 0 Å².